The topological polar surface area (TPSA) is 29.3 Å². The van der Waals surface area contributed by atoms with E-state index in [2.05, 4.69) is 46.8 Å². The summed E-state index contributed by atoms with van der Waals surface area (Å²) in [5.41, 5.74) is 8.13. The van der Waals surface area contributed by atoms with Gasteiger partial charge < -0.3 is 10.6 Å². The molecule has 0 bridgehead atoms. The molecule has 0 aromatic heterocycles. The number of halogens is 1. The Bertz CT molecular complexity index is 378. The lowest BCUT2D eigenvalue weighted by Gasteiger charge is -2.38. The SMILES string of the molecule is CC1CCN(c2ccc(Br)cc2N)C(C)C1. The second-order valence-electron chi connectivity index (χ2n) is 4.88. The molecular formula is C13H19BrN2. The van der Waals surface area contributed by atoms with Crippen LogP contribution in [0.4, 0.5) is 11.4 Å². The maximum atomic E-state index is 6.08. The fraction of sp³-hybridized carbons (Fsp3) is 0.538. The molecule has 2 rings (SSSR count). The molecule has 0 aliphatic carbocycles. The molecule has 2 unspecified atom stereocenters. The van der Waals surface area contributed by atoms with E-state index in [-0.39, 0.29) is 0 Å². The van der Waals surface area contributed by atoms with Crippen molar-refractivity contribution < 1.29 is 0 Å². The molecule has 2 nitrogen and oxygen atoms in total. The molecule has 1 saturated heterocycles. The molecule has 0 radical (unpaired) electrons. The number of hydrogen-bond donors (Lipinski definition) is 1. The third-order valence-electron chi connectivity index (χ3n) is 3.44. The molecule has 1 aromatic rings. The van der Waals surface area contributed by atoms with Crippen LogP contribution in [0, 0.1) is 5.92 Å². The highest BCUT2D eigenvalue weighted by Crippen LogP contribution is 2.32. The van der Waals surface area contributed by atoms with Crippen LogP contribution >= 0.6 is 15.9 Å². The van der Waals surface area contributed by atoms with E-state index in [4.69, 9.17) is 5.73 Å². The minimum atomic E-state index is 0.590. The van der Waals surface area contributed by atoms with Crippen molar-refractivity contribution in [3.8, 4) is 0 Å². The van der Waals surface area contributed by atoms with Crippen molar-refractivity contribution in [1.29, 1.82) is 0 Å². The van der Waals surface area contributed by atoms with E-state index in [1.165, 1.54) is 18.5 Å². The summed E-state index contributed by atoms with van der Waals surface area (Å²) >= 11 is 3.45. The largest absolute Gasteiger partial charge is 0.397 e. The molecule has 1 aromatic carbocycles. The number of benzene rings is 1. The Morgan fingerprint density at radius 2 is 2.12 bits per heavy atom. The van der Waals surface area contributed by atoms with Crippen molar-refractivity contribution in [3.63, 3.8) is 0 Å². The summed E-state index contributed by atoms with van der Waals surface area (Å²) in [4.78, 5) is 2.43. The summed E-state index contributed by atoms with van der Waals surface area (Å²) in [5.74, 6) is 0.836. The molecule has 0 saturated carbocycles. The first kappa shape index (κ1) is 11.8. The van der Waals surface area contributed by atoms with Crippen molar-refractivity contribution in [2.45, 2.75) is 32.7 Å². The van der Waals surface area contributed by atoms with Gasteiger partial charge >= 0.3 is 0 Å². The maximum Gasteiger partial charge on any atom is 0.0603 e. The predicted molar refractivity (Wildman–Crippen MR) is 73.8 cm³/mol. The van der Waals surface area contributed by atoms with Gasteiger partial charge in [-0.2, -0.15) is 0 Å². The van der Waals surface area contributed by atoms with E-state index in [0.29, 0.717) is 6.04 Å². The standard InChI is InChI=1S/C13H19BrN2/c1-9-5-6-16(10(2)7-9)13-4-3-11(14)8-12(13)15/h3-4,8-10H,5-7,15H2,1-2H3. The number of rotatable bonds is 1. The molecule has 2 atom stereocenters. The smallest absolute Gasteiger partial charge is 0.0603 e. The zero-order valence-corrected chi connectivity index (χ0v) is 11.5. The average molecular weight is 283 g/mol. The van der Waals surface area contributed by atoms with Crippen LogP contribution in [0.3, 0.4) is 0 Å². The highest BCUT2D eigenvalue weighted by Gasteiger charge is 2.24. The van der Waals surface area contributed by atoms with Crippen molar-refractivity contribution in [2.75, 3.05) is 17.2 Å². The van der Waals surface area contributed by atoms with E-state index in [0.717, 1.165) is 22.6 Å². The predicted octanol–water partition coefficient (Wildman–Crippen LogP) is 3.66. The van der Waals surface area contributed by atoms with Gasteiger partial charge in [0.2, 0.25) is 0 Å². The van der Waals surface area contributed by atoms with Crippen LogP contribution < -0.4 is 10.6 Å². The fourth-order valence-electron chi connectivity index (χ4n) is 2.55. The van der Waals surface area contributed by atoms with Crippen molar-refractivity contribution in [1.82, 2.24) is 0 Å². The van der Waals surface area contributed by atoms with E-state index in [9.17, 15) is 0 Å². The van der Waals surface area contributed by atoms with E-state index < -0.39 is 0 Å². The van der Waals surface area contributed by atoms with Crippen LogP contribution in [0.2, 0.25) is 0 Å². The lowest BCUT2D eigenvalue weighted by atomic mass is 9.93. The Morgan fingerprint density at radius 1 is 1.38 bits per heavy atom. The Morgan fingerprint density at radius 3 is 2.75 bits per heavy atom. The van der Waals surface area contributed by atoms with Crippen LogP contribution in [0.1, 0.15) is 26.7 Å². The first-order chi connectivity index (χ1) is 7.58. The first-order valence-corrected chi connectivity index (χ1v) is 6.69. The lowest BCUT2D eigenvalue weighted by Crippen LogP contribution is -2.40. The van der Waals surface area contributed by atoms with Gasteiger partial charge in [0.15, 0.2) is 0 Å². The fourth-order valence-corrected chi connectivity index (χ4v) is 2.93. The number of hydrogen-bond acceptors (Lipinski definition) is 2. The molecule has 2 N–H and O–H groups in total. The molecule has 1 heterocycles. The molecule has 0 spiro atoms. The summed E-state index contributed by atoms with van der Waals surface area (Å²) in [6.07, 6.45) is 2.52. The van der Waals surface area contributed by atoms with Crippen molar-refractivity contribution in [3.05, 3.63) is 22.7 Å². The minimum absolute atomic E-state index is 0.590. The second-order valence-corrected chi connectivity index (χ2v) is 5.79. The van der Waals surface area contributed by atoms with Gasteiger partial charge in [0.1, 0.15) is 0 Å². The van der Waals surface area contributed by atoms with Gasteiger partial charge in [-0.25, -0.2) is 0 Å². The molecule has 0 amide bonds. The molecule has 16 heavy (non-hydrogen) atoms. The molecule has 1 aliphatic rings. The number of piperidine rings is 1. The Labute approximate surface area is 106 Å². The quantitative estimate of drug-likeness (QED) is 0.797. The van der Waals surface area contributed by atoms with Crippen LogP contribution in [0.25, 0.3) is 0 Å². The first-order valence-electron chi connectivity index (χ1n) is 5.89. The van der Waals surface area contributed by atoms with Crippen LogP contribution in [-0.2, 0) is 0 Å². The van der Waals surface area contributed by atoms with Gasteiger partial charge in [-0.15, -0.1) is 0 Å². The number of nitrogen functional groups attached to an aromatic ring is 1. The maximum absolute atomic E-state index is 6.08. The highest BCUT2D eigenvalue weighted by molar-refractivity contribution is 9.10. The third kappa shape index (κ3) is 2.34. The van der Waals surface area contributed by atoms with Crippen LogP contribution in [-0.4, -0.2) is 12.6 Å². The average Bonchev–Trinajstić information content (AvgIpc) is 2.19. The van der Waals surface area contributed by atoms with Gasteiger partial charge in [-0.3, -0.25) is 0 Å². The van der Waals surface area contributed by atoms with E-state index >= 15 is 0 Å². The number of anilines is 2. The van der Waals surface area contributed by atoms with Gasteiger partial charge in [-0.05, 0) is 43.9 Å². The normalized spacial score (nSPS) is 25.8. The summed E-state index contributed by atoms with van der Waals surface area (Å²) in [7, 11) is 0. The van der Waals surface area contributed by atoms with Crippen molar-refractivity contribution in [2.24, 2.45) is 5.92 Å². The van der Waals surface area contributed by atoms with Crippen LogP contribution in [0.15, 0.2) is 22.7 Å². The summed E-state index contributed by atoms with van der Waals surface area (Å²) < 4.78 is 1.05. The number of nitrogens with two attached hydrogens (primary N) is 1. The second kappa shape index (κ2) is 4.66. The monoisotopic (exact) mass is 282 g/mol. The van der Waals surface area contributed by atoms with Crippen molar-refractivity contribution >= 4 is 27.3 Å². The Balaban J connectivity index is 2.23. The minimum Gasteiger partial charge on any atom is -0.397 e. The summed E-state index contributed by atoms with van der Waals surface area (Å²) in [5, 5.41) is 0. The molecule has 1 aliphatic heterocycles. The molecular weight excluding hydrogens is 264 g/mol. The molecule has 88 valence electrons. The van der Waals surface area contributed by atoms with Gasteiger partial charge in [0, 0.05) is 17.1 Å². The van der Waals surface area contributed by atoms with Gasteiger partial charge in [0.25, 0.3) is 0 Å². The Kier molecular flexibility index (Phi) is 3.43. The van der Waals surface area contributed by atoms with Gasteiger partial charge in [0.05, 0.1) is 11.4 Å². The Hall–Kier alpha value is -0.700. The van der Waals surface area contributed by atoms with E-state index in [1.54, 1.807) is 0 Å². The highest BCUT2D eigenvalue weighted by atomic mass is 79.9. The zero-order chi connectivity index (χ0) is 11.7. The van der Waals surface area contributed by atoms with Gasteiger partial charge in [-0.1, -0.05) is 22.9 Å². The number of nitrogens with zero attached hydrogens (tertiary/aromatic N) is 1. The van der Waals surface area contributed by atoms with Crippen LogP contribution in [0.5, 0.6) is 0 Å². The van der Waals surface area contributed by atoms with E-state index in [1.807, 2.05) is 6.07 Å². The molecule has 1 fully saturated rings. The zero-order valence-electron chi connectivity index (χ0n) is 9.91. The third-order valence-corrected chi connectivity index (χ3v) is 3.93. The summed E-state index contributed by atoms with van der Waals surface area (Å²) in [6, 6.07) is 6.76. The summed E-state index contributed by atoms with van der Waals surface area (Å²) in [6.45, 7) is 5.74. The lowest BCUT2D eigenvalue weighted by molar-refractivity contribution is 0.378. The molecule has 3 heteroatoms.